The molecule has 0 aliphatic carbocycles. The molecule has 78 valence electrons. The Morgan fingerprint density at radius 3 is 2.71 bits per heavy atom. The lowest BCUT2D eigenvalue weighted by molar-refractivity contribution is -0.0888. The van der Waals surface area contributed by atoms with Gasteiger partial charge in [0.25, 0.3) is 5.78 Å². The molecule has 0 aliphatic heterocycles. The van der Waals surface area contributed by atoms with Crippen LogP contribution in [0.5, 0.6) is 0 Å². The quantitative estimate of drug-likeness (QED) is 0.770. The highest BCUT2D eigenvalue weighted by Gasteiger charge is 2.40. The third-order valence-electron chi connectivity index (χ3n) is 1.62. The highest BCUT2D eigenvalue weighted by Crippen LogP contribution is 2.20. The zero-order chi connectivity index (χ0) is 10.8. The largest absolute Gasteiger partial charge is 0.456 e. The van der Waals surface area contributed by atoms with E-state index < -0.39 is 17.7 Å². The summed E-state index contributed by atoms with van der Waals surface area (Å²) in [7, 11) is 0. The zero-order valence-corrected chi connectivity index (χ0v) is 7.48. The second-order valence-electron chi connectivity index (χ2n) is 2.82. The van der Waals surface area contributed by atoms with Gasteiger partial charge < -0.3 is 4.98 Å². The first kappa shape index (κ1) is 10.7. The fraction of sp³-hybridized carbons (Fsp3) is 0.500. The first-order chi connectivity index (χ1) is 6.45. The van der Waals surface area contributed by atoms with Gasteiger partial charge in [0.1, 0.15) is 11.5 Å². The van der Waals surface area contributed by atoms with E-state index in [1.54, 1.807) is 0 Å². The molecule has 1 rings (SSSR count). The van der Waals surface area contributed by atoms with Crippen LogP contribution in [0.15, 0.2) is 6.20 Å². The van der Waals surface area contributed by atoms with Crippen molar-refractivity contribution in [3.8, 4) is 0 Å². The summed E-state index contributed by atoms with van der Waals surface area (Å²) < 4.78 is 35.8. The van der Waals surface area contributed by atoms with Crippen LogP contribution in [0.4, 0.5) is 13.2 Å². The molecule has 0 aromatic carbocycles. The van der Waals surface area contributed by atoms with Gasteiger partial charge in [-0.25, -0.2) is 4.98 Å². The minimum absolute atomic E-state index is 0.403. The van der Waals surface area contributed by atoms with Crippen LogP contribution in [0, 0.1) is 0 Å². The van der Waals surface area contributed by atoms with Gasteiger partial charge in [-0.05, 0) is 6.42 Å². The van der Waals surface area contributed by atoms with Gasteiger partial charge >= 0.3 is 6.18 Å². The SMILES string of the molecule is CCCc1ncc(C(=O)C(F)(F)F)[nH]1. The van der Waals surface area contributed by atoms with Gasteiger partial charge in [0.15, 0.2) is 0 Å². The van der Waals surface area contributed by atoms with Crippen LogP contribution in [0.3, 0.4) is 0 Å². The van der Waals surface area contributed by atoms with Crippen LogP contribution in [0.1, 0.15) is 29.7 Å². The average Bonchev–Trinajstić information content (AvgIpc) is 2.50. The van der Waals surface area contributed by atoms with Gasteiger partial charge in [0.2, 0.25) is 0 Å². The molecule has 0 unspecified atom stereocenters. The average molecular weight is 206 g/mol. The Morgan fingerprint density at radius 2 is 2.21 bits per heavy atom. The van der Waals surface area contributed by atoms with Crippen molar-refractivity contribution in [1.29, 1.82) is 0 Å². The number of imidazole rings is 1. The number of alkyl halides is 3. The molecule has 0 amide bonds. The van der Waals surface area contributed by atoms with Crippen LogP contribution in [-0.2, 0) is 6.42 Å². The summed E-state index contributed by atoms with van der Waals surface area (Å²) in [6.45, 7) is 1.87. The van der Waals surface area contributed by atoms with E-state index in [-0.39, 0.29) is 0 Å². The molecule has 0 bridgehead atoms. The molecule has 0 aliphatic rings. The van der Waals surface area contributed by atoms with Crippen LogP contribution in [-0.4, -0.2) is 21.9 Å². The maximum Gasteiger partial charge on any atom is 0.456 e. The van der Waals surface area contributed by atoms with Crippen LogP contribution in [0.25, 0.3) is 0 Å². The number of carbonyl (C=O) groups is 1. The monoisotopic (exact) mass is 206 g/mol. The Balaban J connectivity index is 2.82. The van der Waals surface area contributed by atoms with Crippen molar-refractivity contribution in [3.05, 3.63) is 17.7 Å². The maximum atomic E-state index is 11.9. The number of ketones is 1. The molecule has 1 N–H and O–H groups in total. The minimum Gasteiger partial charge on any atom is -0.339 e. The minimum atomic E-state index is -4.84. The van der Waals surface area contributed by atoms with Crippen molar-refractivity contribution in [2.45, 2.75) is 25.9 Å². The summed E-state index contributed by atoms with van der Waals surface area (Å²) in [4.78, 5) is 16.7. The number of nitrogens with one attached hydrogen (secondary N) is 1. The molecular weight excluding hydrogens is 197 g/mol. The van der Waals surface area contributed by atoms with E-state index in [0.29, 0.717) is 12.2 Å². The van der Waals surface area contributed by atoms with Gasteiger partial charge in [0, 0.05) is 6.42 Å². The summed E-state index contributed by atoms with van der Waals surface area (Å²) >= 11 is 0. The molecule has 14 heavy (non-hydrogen) atoms. The fourth-order valence-electron chi connectivity index (χ4n) is 0.994. The Morgan fingerprint density at radius 1 is 1.57 bits per heavy atom. The molecule has 6 heteroatoms. The highest BCUT2D eigenvalue weighted by atomic mass is 19.4. The first-order valence-corrected chi connectivity index (χ1v) is 4.10. The third-order valence-corrected chi connectivity index (χ3v) is 1.62. The maximum absolute atomic E-state index is 11.9. The summed E-state index contributed by atoms with van der Waals surface area (Å²) in [5.41, 5.74) is -0.499. The molecule has 0 saturated heterocycles. The number of aryl methyl sites for hydroxylation is 1. The van der Waals surface area contributed by atoms with Crippen molar-refractivity contribution < 1.29 is 18.0 Å². The molecule has 0 saturated carbocycles. The number of Topliss-reactive ketones (excluding diaryl/α,β-unsaturated/α-hetero) is 1. The second kappa shape index (κ2) is 3.81. The van der Waals surface area contributed by atoms with Gasteiger partial charge in [-0.1, -0.05) is 6.92 Å². The van der Waals surface area contributed by atoms with E-state index >= 15 is 0 Å². The number of nitrogens with zero attached hydrogens (tertiary/aromatic N) is 1. The molecule has 0 atom stereocenters. The van der Waals surface area contributed by atoms with Crippen LogP contribution in [0.2, 0.25) is 0 Å². The Labute approximate surface area is 78.3 Å². The summed E-state index contributed by atoms with van der Waals surface area (Å²) in [5, 5.41) is 0. The number of halogens is 3. The Bertz CT molecular complexity index is 330. The van der Waals surface area contributed by atoms with Crippen molar-refractivity contribution in [3.63, 3.8) is 0 Å². The standard InChI is InChI=1S/C8H9F3N2O/c1-2-3-6-12-4-5(13-6)7(14)8(9,10)11/h4H,2-3H2,1H3,(H,12,13). The number of aromatic nitrogens is 2. The predicted molar refractivity (Wildman–Crippen MR) is 43.0 cm³/mol. The molecule has 0 fully saturated rings. The van der Waals surface area contributed by atoms with Gasteiger partial charge in [-0.15, -0.1) is 0 Å². The van der Waals surface area contributed by atoms with E-state index in [0.717, 1.165) is 12.6 Å². The number of carbonyl (C=O) groups excluding carboxylic acids is 1. The number of rotatable bonds is 3. The van der Waals surface area contributed by atoms with Crippen LogP contribution < -0.4 is 0 Å². The zero-order valence-electron chi connectivity index (χ0n) is 7.48. The summed E-state index contributed by atoms with van der Waals surface area (Å²) in [6.07, 6.45) is -2.63. The Hall–Kier alpha value is -1.33. The lowest BCUT2D eigenvalue weighted by Crippen LogP contribution is -2.23. The molecule has 1 aromatic rings. The van der Waals surface area contributed by atoms with E-state index in [9.17, 15) is 18.0 Å². The van der Waals surface area contributed by atoms with E-state index in [1.165, 1.54) is 0 Å². The topological polar surface area (TPSA) is 45.8 Å². The third kappa shape index (κ3) is 2.34. The molecule has 0 spiro atoms. The molecule has 3 nitrogen and oxygen atoms in total. The van der Waals surface area contributed by atoms with Crippen LogP contribution >= 0.6 is 0 Å². The fourth-order valence-corrected chi connectivity index (χ4v) is 0.994. The van der Waals surface area contributed by atoms with Crippen molar-refractivity contribution >= 4 is 5.78 Å². The summed E-state index contributed by atoms with van der Waals surface area (Å²) in [6, 6.07) is 0. The smallest absolute Gasteiger partial charge is 0.339 e. The molecule has 0 radical (unpaired) electrons. The number of hydrogen-bond acceptors (Lipinski definition) is 2. The lowest BCUT2D eigenvalue weighted by Gasteiger charge is -2.01. The summed E-state index contributed by atoms with van der Waals surface area (Å²) in [5.74, 6) is -1.48. The molecule has 1 aromatic heterocycles. The normalized spacial score (nSPS) is 11.7. The highest BCUT2D eigenvalue weighted by molar-refractivity contribution is 5.98. The van der Waals surface area contributed by atoms with Gasteiger partial charge in [0.05, 0.1) is 6.20 Å². The van der Waals surface area contributed by atoms with Crippen molar-refractivity contribution in [2.24, 2.45) is 0 Å². The predicted octanol–water partition coefficient (Wildman–Crippen LogP) is 2.11. The Kier molecular flexibility index (Phi) is 2.93. The lowest BCUT2D eigenvalue weighted by atomic mass is 10.3. The number of aromatic amines is 1. The molecular formula is C8H9F3N2O. The first-order valence-electron chi connectivity index (χ1n) is 4.10. The number of hydrogen-bond donors (Lipinski definition) is 1. The van der Waals surface area contributed by atoms with Gasteiger partial charge in [-0.3, -0.25) is 4.79 Å². The molecule has 1 heterocycles. The number of H-pyrrole nitrogens is 1. The second-order valence-corrected chi connectivity index (χ2v) is 2.82. The van der Waals surface area contributed by atoms with Crippen molar-refractivity contribution in [1.82, 2.24) is 9.97 Å². The van der Waals surface area contributed by atoms with E-state index in [4.69, 9.17) is 0 Å². The van der Waals surface area contributed by atoms with Crippen molar-refractivity contribution in [2.75, 3.05) is 0 Å². The van der Waals surface area contributed by atoms with Gasteiger partial charge in [-0.2, -0.15) is 13.2 Å². The van der Waals surface area contributed by atoms with E-state index in [1.807, 2.05) is 6.92 Å². The van der Waals surface area contributed by atoms with E-state index in [2.05, 4.69) is 9.97 Å².